The third-order valence-electron chi connectivity index (χ3n) is 3.19. The van der Waals surface area contributed by atoms with Crippen LogP contribution in [0.1, 0.15) is 26.3 Å². The Morgan fingerprint density at radius 3 is 2.52 bits per heavy atom. The van der Waals surface area contributed by atoms with Crippen LogP contribution in [0.2, 0.25) is 5.02 Å². The second-order valence-electron chi connectivity index (χ2n) is 5.55. The van der Waals surface area contributed by atoms with E-state index in [1.54, 1.807) is 6.92 Å². The highest BCUT2D eigenvalue weighted by molar-refractivity contribution is 7.89. The van der Waals surface area contributed by atoms with Gasteiger partial charge in [-0.1, -0.05) is 32.4 Å². The van der Waals surface area contributed by atoms with Crippen molar-refractivity contribution >= 4 is 21.6 Å². The minimum Gasteiger partial charge on any atom is -0.330 e. The smallest absolute Gasteiger partial charge is 0.244 e. The molecule has 0 radical (unpaired) electrons. The van der Waals surface area contributed by atoms with Crippen LogP contribution in [0.3, 0.4) is 0 Å². The molecule has 0 saturated carbocycles. The van der Waals surface area contributed by atoms with Crippen molar-refractivity contribution in [1.29, 1.82) is 5.26 Å². The highest BCUT2D eigenvalue weighted by Crippen LogP contribution is 2.26. The van der Waals surface area contributed by atoms with Crippen molar-refractivity contribution < 1.29 is 8.42 Å². The maximum Gasteiger partial charge on any atom is 0.244 e. The number of hydrogen-bond donors (Lipinski definition) is 1. The summed E-state index contributed by atoms with van der Waals surface area (Å²) in [7, 11) is -3.79. The van der Waals surface area contributed by atoms with Crippen LogP contribution in [-0.4, -0.2) is 32.4 Å². The fraction of sp³-hybridized carbons (Fsp3) is 0.500. The quantitative estimate of drug-likeness (QED) is 0.866. The van der Waals surface area contributed by atoms with E-state index in [-0.39, 0.29) is 27.4 Å². The molecule has 5 nitrogen and oxygen atoms in total. The Hall–Kier alpha value is -1.13. The monoisotopic (exact) mass is 329 g/mol. The minimum absolute atomic E-state index is 0.0628. The largest absolute Gasteiger partial charge is 0.330 e. The van der Waals surface area contributed by atoms with E-state index >= 15 is 0 Å². The number of nitriles is 1. The first kappa shape index (κ1) is 17.9. The summed E-state index contributed by atoms with van der Waals surface area (Å²) in [5.41, 5.74) is 5.41. The molecule has 0 aliphatic carbocycles. The third kappa shape index (κ3) is 4.17. The van der Waals surface area contributed by atoms with E-state index in [0.717, 1.165) is 0 Å². The van der Waals surface area contributed by atoms with Gasteiger partial charge in [0.15, 0.2) is 0 Å². The Labute approximate surface area is 131 Å². The summed E-state index contributed by atoms with van der Waals surface area (Å²) in [5, 5.41) is 9.39. The zero-order valence-electron chi connectivity index (χ0n) is 12.4. The first-order valence-electron chi connectivity index (χ1n) is 6.58. The van der Waals surface area contributed by atoms with Gasteiger partial charge in [-0.05, 0) is 30.2 Å². The summed E-state index contributed by atoms with van der Waals surface area (Å²) in [5.74, 6) is 0. The molecule has 1 aromatic rings. The van der Waals surface area contributed by atoms with Gasteiger partial charge in [0.2, 0.25) is 10.0 Å². The predicted octanol–water partition coefficient (Wildman–Crippen LogP) is 2.21. The lowest BCUT2D eigenvalue weighted by Gasteiger charge is -2.30. The van der Waals surface area contributed by atoms with Crippen LogP contribution < -0.4 is 5.73 Å². The molecule has 1 rings (SSSR count). The van der Waals surface area contributed by atoms with Crippen LogP contribution >= 0.6 is 11.6 Å². The number of halogens is 1. The minimum atomic E-state index is -3.79. The number of benzene rings is 1. The lowest BCUT2D eigenvalue weighted by molar-refractivity contribution is 0.273. The molecule has 0 atom stereocenters. The average Bonchev–Trinajstić information content (AvgIpc) is 2.44. The Balaban J connectivity index is 3.32. The molecule has 21 heavy (non-hydrogen) atoms. The number of rotatable bonds is 6. The first-order chi connectivity index (χ1) is 9.67. The Bertz CT molecular complexity index is 651. The van der Waals surface area contributed by atoms with Gasteiger partial charge in [-0.25, -0.2) is 8.42 Å². The summed E-state index contributed by atoms with van der Waals surface area (Å²) in [6.07, 6.45) is 0. The van der Waals surface area contributed by atoms with E-state index in [2.05, 4.69) is 0 Å². The van der Waals surface area contributed by atoms with Gasteiger partial charge in [-0.15, -0.1) is 0 Å². The van der Waals surface area contributed by atoms with E-state index < -0.39 is 10.0 Å². The van der Waals surface area contributed by atoms with Crippen molar-refractivity contribution in [1.82, 2.24) is 4.31 Å². The van der Waals surface area contributed by atoms with Gasteiger partial charge < -0.3 is 5.73 Å². The normalized spacial score (nSPS) is 12.4. The summed E-state index contributed by atoms with van der Waals surface area (Å²) in [4.78, 5) is -0.0628. The van der Waals surface area contributed by atoms with Gasteiger partial charge in [-0.3, -0.25) is 0 Å². The maximum atomic E-state index is 12.8. The molecular formula is C14H20ClN3O2S. The van der Waals surface area contributed by atoms with Gasteiger partial charge in [0.25, 0.3) is 0 Å². The predicted molar refractivity (Wildman–Crippen MR) is 83.4 cm³/mol. The Morgan fingerprint density at radius 2 is 2.05 bits per heavy atom. The van der Waals surface area contributed by atoms with Crippen molar-refractivity contribution in [2.45, 2.75) is 25.7 Å². The van der Waals surface area contributed by atoms with E-state index in [4.69, 9.17) is 22.6 Å². The molecule has 0 aliphatic rings. The van der Waals surface area contributed by atoms with Gasteiger partial charge in [0.1, 0.15) is 11.0 Å². The lowest BCUT2D eigenvalue weighted by atomic mass is 9.94. The molecule has 0 amide bonds. The second-order valence-corrected chi connectivity index (χ2v) is 7.89. The molecule has 1 aromatic carbocycles. The van der Waals surface area contributed by atoms with Crippen molar-refractivity contribution in [3.63, 3.8) is 0 Å². The van der Waals surface area contributed by atoms with Crippen LogP contribution in [0.4, 0.5) is 0 Å². The molecule has 0 fully saturated rings. The molecule has 116 valence electrons. The summed E-state index contributed by atoms with van der Waals surface area (Å²) in [6.45, 7) is 6.48. The van der Waals surface area contributed by atoms with Crippen molar-refractivity contribution in [2.24, 2.45) is 11.1 Å². The number of sulfonamides is 1. The Kier molecular flexibility index (Phi) is 5.76. The molecule has 0 spiro atoms. The van der Waals surface area contributed by atoms with Crippen molar-refractivity contribution in [3.05, 3.63) is 28.8 Å². The molecule has 0 unspecified atom stereocenters. The van der Waals surface area contributed by atoms with E-state index in [9.17, 15) is 8.42 Å². The van der Waals surface area contributed by atoms with E-state index in [0.29, 0.717) is 13.1 Å². The molecule has 0 aliphatic heterocycles. The topological polar surface area (TPSA) is 87.2 Å². The second kappa shape index (κ2) is 6.75. The molecule has 0 bridgehead atoms. The molecule has 0 heterocycles. The number of hydrogen-bond acceptors (Lipinski definition) is 4. The fourth-order valence-corrected chi connectivity index (χ4v) is 3.89. The van der Waals surface area contributed by atoms with E-state index in [1.807, 2.05) is 19.9 Å². The average molecular weight is 330 g/mol. The number of nitrogens with two attached hydrogens (primary N) is 1. The van der Waals surface area contributed by atoms with Crippen LogP contribution in [0.15, 0.2) is 23.1 Å². The highest BCUT2D eigenvalue weighted by Gasteiger charge is 2.30. The Morgan fingerprint density at radius 1 is 1.43 bits per heavy atom. The SMILES string of the molecule is CCN(CC(C)(C)CN)S(=O)(=O)c1cc(Cl)ccc1C#N. The summed E-state index contributed by atoms with van der Waals surface area (Å²) in [6, 6.07) is 6.12. The standard InChI is InChI=1S/C14H20ClN3O2S/c1-4-18(10-14(2,3)9-17)21(19,20)13-7-12(15)6-5-11(13)8-16/h5-7H,4,9-10,17H2,1-3H3. The van der Waals surface area contributed by atoms with Crippen LogP contribution in [0.5, 0.6) is 0 Å². The zero-order chi connectivity index (χ0) is 16.3. The molecule has 0 saturated heterocycles. The summed E-state index contributed by atoms with van der Waals surface area (Å²) < 4.78 is 26.9. The van der Waals surface area contributed by atoms with Gasteiger partial charge in [0.05, 0.1) is 5.56 Å². The van der Waals surface area contributed by atoms with Crippen LogP contribution in [-0.2, 0) is 10.0 Å². The van der Waals surface area contributed by atoms with E-state index in [1.165, 1.54) is 22.5 Å². The van der Waals surface area contributed by atoms with Crippen LogP contribution in [0, 0.1) is 16.7 Å². The molecule has 0 aromatic heterocycles. The van der Waals surface area contributed by atoms with Gasteiger partial charge in [-0.2, -0.15) is 9.57 Å². The third-order valence-corrected chi connectivity index (χ3v) is 5.39. The van der Waals surface area contributed by atoms with Crippen molar-refractivity contribution in [3.8, 4) is 6.07 Å². The molecule has 7 heteroatoms. The lowest BCUT2D eigenvalue weighted by Crippen LogP contribution is -2.42. The van der Waals surface area contributed by atoms with Gasteiger partial charge >= 0.3 is 0 Å². The van der Waals surface area contributed by atoms with Crippen molar-refractivity contribution in [2.75, 3.05) is 19.6 Å². The van der Waals surface area contributed by atoms with Gasteiger partial charge in [0, 0.05) is 18.1 Å². The highest BCUT2D eigenvalue weighted by atomic mass is 35.5. The van der Waals surface area contributed by atoms with Crippen LogP contribution in [0.25, 0.3) is 0 Å². The molecular weight excluding hydrogens is 310 g/mol. The number of nitrogens with zero attached hydrogens (tertiary/aromatic N) is 2. The molecule has 2 N–H and O–H groups in total. The maximum absolute atomic E-state index is 12.8. The fourth-order valence-electron chi connectivity index (χ4n) is 1.85. The summed E-state index contributed by atoms with van der Waals surface area (Å²) >= 11 is 5.88. The zero-order valence-corrected chi connectivity index (χ0v) is 14.0. The first-order valence-corrected chi connectivity index (χ1v) is 8.39.